The Labute approximate surface area is 261 Å². The number of fused-ring (bicyclic) bond motifs is 1. The summed E-state index contributed by atoms with van der Waals surface area (Å²) in [4.78, 5) is 46.5. The highest BCUT2D eigenvalue weighted by Gasteiger charge is 2.37. The van der Waals surface area contributed by atoms with E-state index < -0.39 is 23.7 Å². The number of hydrogen-bond donors (Lipinski definition) is 2. The number of aliphatic hydroxyl groups is 1. The second-order valence-electron chi connectivity index (χ2n) is 12.7. The van der Waals surface area contributed by atoms with Gasteiger partial charge in [-0.05, 0) is 61.1 Å². The third-order valence-corrected chi connectivity index (χ3v) is 8.40. The lowest BCUT2D eigenvalue weighted by Gasteiger charge is -2.38. The Morgan fingerprint density at radius 1 is 0.886 bits per heavy atom. The average Bonchev–Trinajstić information content (AvgIpc) is 3.01. The van der Waals surface area contributed by atoms with Gasteiger partial charge in [0.05, 0.1) is 6.10 Å². The van der Waals surface area contributed by atoms with Crippen LogP contribution >= 0.6 is 0 Å². The third-order valence-electron chi connectivity index (χ3n) is 8.40. The topological polar surface area (TPSA) is 107 Å². The molecule has 3 N–H and O–H groups in total. The molecule has 1 aliphatic heterocycles. The molecule has 8 heteroatoms. The van der Waals surface area contributed by atoms with E-state index in [1.807, 2.05) is 86.6 Å². The molecule has 1 saturated heterocycles. The first-order chi connectivity index (χ1) is 20.9. The van der Waals surface area contributed by atoms with Gasteiger partial charge in [-0.2, -0.15) is 0 Å². The molecule has 0 bridgehead atoms. The minimum absolute atomic E-state index is 0.153. The van der Waals surface area contributed by atoms with E-state index in [4.69, 9.17) is 5.73 Å². The molecule has 0 unspecified atom stereocenters. The van der Waals surface area contributed by atoms with Crippen LogP contribution in [0, 0.1) is 0 Å². The van der Waals surface area contributed by atoms with Gasteiger partial charge in [-0.15, -0.1) is 0 Å². The smallest absolute Gasteiger partial charge is 0.246 e. The van der Waals surface area contributed by atoms with E-state index in [9.17, 15) is 19.5 Å². The molecule has 44 heavy (non-hydrogen) atoms. The number of carbonyl (C=O) groups excluding carboxylic acids is 3. The molecule has 0 aliphatic carbocycles. The van der Waals surface area contributed by atoms with Gasteiger partial charge in [-0.3, -0.25) is 14.4 Å². The molecular formula is C36H46N4O4. The Balaban J connectivity index is 1.65. The second kappa shape index (κ2) is 14.6. The van der Waals surface area contributed by atoms with Crippen molar-refractivity contribution in [3.63, 3.8) is 0 Å². The molecule has 0 radical (unpaired) electrons. The highest BCUT2D eigenvalue weighted by molar-refractivity contribution is 5.95. The van der Waals surface area contributed by atoms with Gasteiger partial charge in [0.1, 0.15) is 12.1 Å². The summed E-state index contributed by atoms with van der Waals surface area (Å²) in [6.07, 6.45) is 4.95. The molecule has 1 heterocycles. The number of rotatable bonds is 11. The van der Waals surface area contributed by atoms with Crippen LogP contribution in [0.5, 0.6) is 0 Å². The Morgan fingerprint density at radius 2 is 1.50 bits per heavy atom. The predicted molar refractivity (Wildman–Crippen MR) is 175 cm³/mol. The maximum Gasteiger partial charge on any atom is 0.246 e. The van der Waals surface area contributed by atoms with Crippen LogP contribution in [0.3, 0.4) is 0 Å². The minimum Gasteiger partial charge on any atom is -0.393 e. The fraction of sp³-hybridized carbons (Fsp3) is 0.417. The Bertz CT molecular complexity index is 1460. The summed E-state index contributed by atoms with van der Waals surface area (Å²) >= 11 is 0. The van der Waals surface area contributed by atoms with E-state index in [1.165, 1.54) is 15.9 Å². The number of nitrogens with two attached hydrogens (primary N) is 1. The van der Waals surface area contributed by atoms with Gasteiger partial charge in [0.15, 0.2) is 0 Å². The lowest BCUT2D eigenvalue weighted by atomic mass is 9.97. The molecule has 1 aliphatic rings. The van der Waals surface area contributed by atoms with Crippen molar-refractivity contribution in [2.75, 3.05) is 27.2 Å². The molecule has 0 spiro atoms. The summed E-state index contributed by atoms with van der Waals surface area (Å²) < 4.78 is 0. The van der Waals surface area contributed by atoms with Gasteiger partial charge in [0.2, 0.25) is 17.7 Å². The molecule has 3 aromatic carbocycles. The third kappa shape index (κ3) is 8.77. The normalized spacial score (nSPS) is 15.7. The summed E-state index contributed by atoms with van der Waals surface area (Å²) in [5, 5.41) is 12.2. The molecule has 0 saturated carbocycles. The van der Waals surface area contributed by atoms with Crippen LogP contribution in [0.15, 0.2) is 84.9 Å². The fourth-order valence-corrected chi connectivity index (χ4v) is 5.63. The molecule has 2 atom stereocenters. The number of likely N-dealkylation sites (tertiary alicyclic amines) is 1. The van der Waals surface area contributed by atoms with Crippen LogP contribution in [-0.4, -0.2) is 88.4 Å². The molecule has 8 nitrogen and oxygen atoms in total. The highest BCUT2D eigenvalue weighted by Crippen LogP contribution is 2.22. The fourth-order valence-electron chi connectivity index (χ4n) is 5.63. The monoisotopic (exact) mass is 598 g/mol. The second-order valence-corrected chi connectivity index (χ2v) is 12.7. The Morgan fingerprint density at radius 3 is 2.16 bits per heavy atom. The summed E-state index contributed by atoms with van der Waals surface area (Å²) in [5.41, 5.74) is 7.48. The van der Waals surface area contributed by atoms with E-state index >= 15 is 0 Å². The van der Waals surface area contributed by atoms with Crippen LogP contribution in [0.4, 0.5) is 0 Å². The van der Waals surface area contributed by atoms with Crippen molar-refractivity contribution in [3.05, 3.63) is 96.1 Å². The molecule has 3 amide bonds. The van der Waals surface area contributed by atoms with Crippen LogP contribution in [-0.2, 0) is 27.2 Å². The van der Waals surface area contributed by atoms with Crippen molar-refractivity contribution in [1.82, 2.24) is 14.7 Å². The van der Waals surface area contributed by atoms with Crippen molar-refractivity contribution < 1.29 is 19.5 Å². The van der Waals surface area contributed by atoms with Crippen LogP contribution in [0.2, 0.25) is 0 Å². The zero-order chi connectivity index (χ0) is 31.9. The molecule has 234 valence electrons. The predicted octanol–water partition coefficient (Wildman–Crippen LogP) is 3.95. The Hall–Kier alpha value is -4.01. The maximum atomic E-state index is 14.4. The van der Waals surface area contributed by atoms with Crippen molar-refractivity contribution in [2.45, 2.75) is 69.7 Å². The van der Waals surface area contributed by atoms with Gasteiger partial charge in [-0.25, -0.2) is 0 Å². The Kier molecular flexibility index (Phi) is 10.9. The van der Waals surface area contributed by atoms with Gasteiger partial charge in [0.25, 0.3) is 0 Å². The number of aliphatic hydroxyl groups excluding tert-OH is 1. The molecule has 1 fully saturated rings. The van der Waals surface area contributed by atoms with Crippen molar-refractivity contribution in [3.8, 4) is 0 Å². The van der Waals surface area contributed by atoms with Gasteiger partial charge in [0, 0.05) is 45.6 Å². The number of hydrogen-bond acceptors (Lipinski definition) is 5. The number of benzene rings is 3. The zero-order valence-corrected chi connectivity index (χ0v) is 26.4. The van der Waals surface area contributed by atoms with E-state index in [0.29, 0.717) is 38.8 Å². The number of nitrogens with zero attached hydrogens (tertiary/aromatic N) is 3. The number of amides is 3. The van der Waals surface area contributed by atoms with Gasteiger partial charge in [-0.1, -0.05) is 78.9 Å². The first-order valence-electron chi connectivity index (χ1n) is 15.4. The summed E-state index contributed by atoms with van der Waals surface area (Å²) in [6, 6.07) is 22.1. The van der Waals surface area contributed by atoms with Crippen molar-refractivity contribution in [2.24, 2.45) is 5.73 Å². The summed E-state index contributed by atoms with van der Waals surface area (Å²) in [7, 11) is 3.29. The van der Waals surface area contributed by atoms with Crippen molar-refractivity contribution >= 4 is 28.5 Å². The molecule has 3 aromatic rings. The minimum atomic E-state index is -0.849. The average molecular weight is 599 g/mol. The summed E-state index contributed by atoms with van der Waals surface area (Å²) in [6.45, 7) is 4.65. The first-order valence-corrected chi connectivity index (χ1v) is 15.4. The molecule has 0 aromatic heterocycles. The van der Waals surface area contributed by atoms with E-state index in [2.05, 4.69) is 0 Å². The van der Waals surface area contributed by atoms with Crippen molar-refractivity contribution in [1.29, 1.82) is 0 Å². The lowest BCUT2D eigenvalue weighted by molar-refractivity contribution is -0.150. The molecular weight excluding hydrogens is 552 g/mol. The quantitative estimate of drug-likeness (QED) is 0.325. The van der Waals surface area contributed by atoms with E-state index in [1.54, 1.807) is 25.1 Å². The maximum absolute atomic E-state index is 14.4. The summed E-state index contributed by atoms with van der Waals surface area (Å²) in [5.74, 6) is -0.772. The van der Waals surface area contributed by atoms with Crippen LogP contribution < -0.4 is 5.73 Å². The van der Waals surface area contributed by atoms with Crippen LogP contribution in [0.25, 0.3) is 10.8 Å². The van der Waals surface area contributed by atoms with E-state index in [0.717, 1.165) is 21.9 Å². The standard InChI is InChI=1S/C36H46N4O4/c1-36(2,37)20-10-15-33(42)38(3)31(25-27-16-17-28-13-8-9-14-29(28)23-27)34(43)39(4)32(24-26-11-6-5-7-12-26)35(44)40-21-18-30(41)19-22-40/h5-17,23,30-32,41H,18-22,24-25,37H2,1-4H3/t31-,32-/m1/s1. The SMILES string of the molecule is CN(C(=O)C=CCC(C)(C)N)[C@H](Cc1ccc2ccccc2c1)C(=O)N(C)[C@H](Cc1ccccc1)C(=O)N1CCC(O)CC1. The first kappa shape index (κ1) is 32.9. The largest absolute Gasteiger partial charge is 0.393 e. The van der Waals surface area contributed by atoms with E-state index in [-0.39, 0.29) is 24.1 Å². The van der Waals surface area contributed by atoms with Gasteiger partial charge < -0.3 is 25.5 Å². The number of carbonyl (C=O) groups is 3. The number of likely N-dealkylation sites (N-methyl/N-ethyl adjacent to an activating group) is 2. The lowest BCUT2D eigenvalue weighted by Crippen LogP contribution is -2.57. The molecule has 4 rings (SSSR count). The zero-order valence-electron chi connectivity index (χ0n) is 26.4. The highest BCUT2D eigenvalue weighted by atomic mass is 16.3. The van der Waals surface area contributed by atoms with Crippen LogP contribution in [0.1, 0.15) is 44.2 Å². The number of piperidine rings is 1. The van der Waals surface area contributed by atoms with Gasteiger partial charge >= 0.3 is 0 Å².